The van der Waals surface area contributed by atoms with Gasteiger partial charge in [0.05, 0.1) is 5.52 Å². The molecule has 2 aromatic rings. The van der Waals surface area contributed by atoms with Gasteiger partial charge in [-0.1, -0.05) is 50.3 Å². The molecule has 0 bridgehead atoms. The van der Waals surface area contributed by atoms with Crippen LogP contribution in [0.2, 0.25) is 0 Å². The van der Waals surface area contributed by atoms with Crippen LogP contribution in [0.4, 0.5) is 0 Å². The second kappa shape index (κ2) is 7.04. The average Bonchev–Trinajstić information content (AvgIpc) is 2.47. The number of fused-ring (bicyclic) bond motifs is 1. The molecule has 1 heterocycles. The Labute approximate surface area is 127 Å². The lowest BCUT2D eigenvalue weighted by atomic mass is 9.83. The number of pyridine rings is 1. The summed E-state index contributed by atoms with van der Waals surface area (Å²) >= 11 is 0. The molecule has 2 N–H and O–H groups in total. The molecule has 3 rings (SSSR count). The summed E-state index contributed by atoms with van der Waals surface area (Å²) in [5.41, 5.74) is 9.01. The summed E-state index contributed by atoms with van der Waals surface area (Å²) in [4.78, 5) is 4.45. The van der Waals surface area contributed by atoms with Gasteiger partial charge in [0.1, 0.15) is 0 Å². The second-order valence-corrected chi connectivity index (χ2v) is 6.46. The molecule has 1 aromatic heterocycles. The molecular weight excluding hydrogens is 256 g/mol. The molecule has 1 fully saturated rings. The fraction of sp³-hybridized carbons (Fsp3) is 0.526. The van der Waals surface area contributed by atoms with Crippen molar-refractivity contribution < 1.29 is 0 Å². The molecule has 112 valence electrons. The molecule has 0 aliphatic heterocycles. The summed E-state index contributed by atoms with van der Waals surface area (Å²) in [7, 11) is 0. The van der Waals surface area contributed by atoms with Gasteiger partial charge >= 0.3 is 0 Å². The zero-order valence-corrected chi connectivity index (χ0v) is 12.8. The van der Waals surface area contributed by atoms with E-state index in [0.29, 0.717) is 5.92 Å². The minimum absolute atomic E-state index is 0.286. The van der Waals surface area contributed by atoms with E-state index in [0.717, 1.165) is 11.9 Å². The Kier molecular flexibility index (Phi) is 4.87. The first-order valence-electron chi connectivity index (χ1n) is 8.43. The summed E-state index contributed by atoms with van der Waals surface area (Å²) in [6, 6.07) is 10.8. The molecule has 2 nitrogen and oxygen atoms in total. The number of hydrogen-bond acceptors (Lipinski definition) is 2. The van der Waals surface area contributed by atoms with Gasteiger partial charge in [-0.15, -0.1) is 0 Å². The molecule has 0 spiro atoms. The van der Waals surface area contributed by atoms with Gasteiger partial charge in [0.15, 0.2) is 0 Å². The third-order valence-corrected chi connectivity index (χ3v) is 4.95. The molecular formula is C19H26N2. The Morgan fingerprint density at radius 1 is 1.00 bits per heavy atom. The van der Waals surface area contributed by atoms with Gasteiger partial charge in [-0.25, -0.2) is 0 Å². The zero-order valence-electron chi connectivity index (χ0n) is 12.8. The van der Waals surface area contributed by atoms with Crippen LogP contribution in [0, 0.1) is 5.92 Å². The minimum atomic E-state index is 0.286. The van der Waals surface area contributed by atoms with Crippen molar-refractivity contribution in [3.05, 3.63) is 42.1 Å². The Balaban J connectivity index is 1.74. The van der Waals surface area contributed by atoms with Gasteiger partial charge < -0.3 is 5.73 Å². The first kappa shape index (κ1) is 14.5. The molecule has 1 aromatic carbocycles. The van der Waals surface area contributed by atoms with Crippen LogP contribution in [0.25, 0.3) is 10.9 Å². The van der Waals surface area contributed by atoms with Gasteiger partial charge in [-0.3, -0.25) is 4.98 Å². The van der Waals surface area contributed by atoms with Crippen molar-refractivity contribution in [2.45, 2.75) is 57.4 Å². The number of nitrogens with zero attached hydrogens (tertiary/aromatic N) is 1. The molecule has 0 radical (unpaired) electrons. The largest absolute Gasteiger partial charge is 0.327 e. The van der Waals surface area contributed by atoms with Crippen LogP contribution in [0.1, 0.15) is 50.5 Å². The van der Waals surface area contributed by atoms with Crippen LogP contribution in [0.5, 0.6) is 0 Å². The lowest BCUT2D eigenvalue weighted by Crippen LogP contribution is -2.32. The highest BCUT2D eigenvalue weighted by Gasteiger charge is 2.19. The van der Waals surface area contributed by atoms with Crippen LogP contribution in [0.3, 0.4) is 0 Å². The first-order valence-corrected chi connectivity index (χ1v) is 8.43. The van der Waals surface area contributed by atoms with Crippen molar-refractivity contribution in [3.8, 4) is 0 Å². The van der Waals surface area contributed by atoms with Crippen molar-refractivity contribution >= 4 is 10.9 Å². The number of para-hydroxylation sites is 1. The molecule has 1 aliphatic rings. The first-order chi connectivity index (χ1) is 10.3. The molecule has 1 unspecified atom stereocenters. The third kappa shape index (κ3) is 3.62. The highest BCUT2D eigenvalue weighted by atomic mass is 14.7. The monoisotopic (exact) mass is 282 g/mol. The Bertz CT molecular complexity index is 565. The van der Waals surface area contributed by atoms with Crippen molar-refractivity contribution in [1.29, 1.82) is 0 Å². The van der Waals surface area contributed by atoms with E-state index in [4.69, 9.17) is 5.73 Å². The van der Waals surface area contributed by atoms with Crippen LogP contribution >= 0.6 is 0 Å². The van der Waals surface area contributed by atoms with Crippen LogP contribution in [-0.2, 0) is 6.42 Å². The van der Waals surface area contributed by atoms with Gasteiger partial charge in [0.2, 0.25) is 0 Å². The van der Waals surface area contributed by atoms with E-state index in [-0.39, 0.29) is 6.04 Å². The second-order valence-electron chi connectivity index (χ2n) is 6.46. The summed E-state index contributed by atoms with van der Waals surface area (Å²) in [5.74, 6) is 0.692. The number of rotatable bonds is 3. The van der Waals surface area contributed by atoms with E-state index in [9.17, 15) is 0 Å². The van der Waals surface area contributed by atoms with Crippen molar-refractivity contribution in [2.24, 2.45) is 11.7 Å². The normalized spacial score (nSPS) is 19.1. The van der Waals surface area contributed by atoms with E-state index in [1.54, 1.807) is 0 Å². The predicted molar refractivity (Wildman–Crippen MR) is 89.2 cm³/mol. The number of nitrogens with two attached hydrogens (primary N) is 1. The van der Waals surface area contributed by atoms with Crippen molar-refractivity contribution in [3.63, 3.8) is 0 Å². The standard InChI is InChI=1S/C19H26N2/c20-18(15-8-4-2-1-3-5-9-15)14-16-12-13-21-19-11-7-6-10-17(16)19/h6-7,10-13,15,18H,1-5,8-9,14,20H2. The van der Waals surface area contributed by atoms with E-state index >= 15 is 0 Å². The maximum Gasteiger partial charge on any atom is 0.0704 e. The quantitative estimate of drug-likeness (QED) is 0.902. The molecule has 1 aliphatic carbocycles. The van der Waals surface area contributed by atoms with Crippen LogP contribution in [0.15, 0.2) is 36.5 Å². The van der Waals surface area contributed by atoms with Gasteiger partial charge in [0.25, 0.3) is 0 Å². The summed E-state index contributed by atoms with van der Waals surface area (Å²) < 4.78 is 0. The smallest absolute Gasteiger partial charge is 0.0704 e. The maximum atomic E-state index is 6.57. The van der Waals surface area contributed by atoms with Crippen LogP contribution in [-0.4, -0.2) is 11.0 Å². The summed E-state index contributed by atoms with van der Waals surface area (Å²) in [6.07, 6.45) is 12.4. The molecule has 0 saturated heterocycles. The summed E-state index contributed by atoms with van der Waals surface area (Å²) in [6.45, 7) is 0. The minimum Gasteiger partial charge on any atom is -0.327 e. The molecule has 0 amide bonds. The lowest BCUT2D eigenvalue weighted by Gasteiger charge is -2.26. The predicted octanol–water partition coefficient (Wildman–Crippen LogP) is 4.47. The van der Waals surface area contributed by atoms with E-state index in [1.807, 2.05) is 12.3 Å². The Hall–Kier alpha value is -1.41. The lowest BCUT2D eigenvalue weighted by molar-refractivity contribution is 0.322. The SMILES string of the molecule is NC(Cc1ccnc2ccccc12)C1CCCCCCC1. The molecule has 1 atom stereocenters. The van der Waals surface area contributed by atoms with E-state index < -0.39 is 0 Å². The van der Waals surface area contributed by atoms with E-state index in [2.05, 4.69) is 29.2 Å². The average molecular weight is 282 g/mol. The highest BCUT2D eigenvalue weighted by molar-refractivity contribution is 5.81. The fourth-order valence-electron chi connectivity index (χ4n) is 3.67. The summed E-state index contributed by atoms with van der Waals surface area (Å²) in [5, 5.41) is 1.27. The van der Waals surface area contributed by atoms with Crippen molar-refractivity contribution in [2.75, 3.05) is 0 Å². The molecule has 21 heavy (non-hydrogen) atoms. The number of benzene rings is 1. The van der Waals surface area contributed by atoms with Gasteiger partial charge in [-0.2, -0.15) is 0 Å². The Morgan fingerprint density at radius 3 is 2.52 bits per heavy atom. The topological polar surface area (TPSA) is 38.9 Å². The molecule has 1 saturated carbocycles. The number of aromatic nitrogens is 1. The molecule has 2 heteroatoms. The van der Waals surface area contributed by atoms with Crippen LogP contribution < -0.4 is 5.73 Å². The fourth-order valence-corrected chi connectivity index (χ4v) is 3.67. The third-order valence-electron chi connectivity index (χ3n) is 4.95. The highest BCUT2D eigenvalue weighted by Crippen LogP contribution is 2.27. The zero-order chi connectivity index (χ0) is 14.5. The Morgan fingerprint density at radius 2 is 1.71 bits per heavy atom. The number of hydrogen-bond donors (Lipinski definition) is 1. The van der Waals surface area contributed by atoms with Gasteiger partial charge in [0, 0.05) is 17.6 Å². The van der Waals surface area contributed by atoms with Gasteiger partial charge in [-0.05, 0) is 42.9 Å². The van der Waals surface area contributed by atoms with E-state index in [1.165, 1.54) is 55.9 Å². The van der Waals surface area contributed by atoms with Crippen molar-refractivity contribution in [1.82, 2.24) is 4.98 Å². The maximum absolute atomic E-state index is 6.57.